The monoisotopic (exact) mass is 297 g/mol. The molecule has 20 heavy (non-hydrogen) atoms. The molecular weight excluding hydrogens is 278 g/mol. The van der Waals surface area contributed by atoms with Crippen LogP contribution in [0.1, 0.15) is 20.8 Å². The largest absolute Gasteiger partial charge is 0.353 e. The number of benzene rings is 1. The average Bonchev–Trinajstić information content (AvgIpc) is 2.35. The van der Waals surface area contributed by atoms with Gasteiger partial charge in [-0.3, -0.25) is 14.9 Å². The third kappa shape index (κ3) is 5.58. The number of carbonyl (C=O) groups excluding carboxylic acids is 1. The second-order valence-electron chi connectivity index (χ2n) is 5.22. The van der Waals surface area contributed by atoms with Gasteiger partial charge >= 0.3 is 0 Å². The Kier molecular flexibility index (Phi) is 5.52. The SMILES string of the molecule is CC(Sc1ccc([N+](=O)[O-])cc1)C(=O)NCC(C)(C)N. The molecule has 0 aliphatic rings. The van der Waals surface area contributed by atoms with Crippen LogP contribution in [0.3, 0.4) is 0 Å². The summed E-state index contributed by atoms with van der Waals surface area (Å²) in [6.45, 7) is 5.85. The van der Waals surface area contributed by atoms with Crippen molar-refractivity contribution in [1.29, 1.82) is 0 Å². The molecule has 0 aromatic heterocycles. The van der Waals surface area contributed by atoms with Crippen LogP contribution in [-0.2, 0) is 4.79 Å². The number of nitro benzene ring substituents is 1. The first-order valence-corrected chi connectivity index (χ1v) is 7.05. The number of thioether (sulfide) groups is 1. The lowest BCUT2D eigenvalue weighted by Crippen LogP contribution is -2.46. The van der Waals surface area contributed by atoms with Gasteiger partial charge in [0.15, 0.2) is 0 Å². The molecule has 1 unspecified atom stereocenters. The Bertz CT molecular complexity index is 483. The zero-order valence-corrected chi connectivity index (χ0v) is 12.6. The molecule has 6 nitrogen and oxygen atoms in total. The van der Waals surface area contributed by atoms with Crippen molar-refractivity contribution in [2.75, 3.05) is 6.54 Å². The number of nitro groups is 1. The zero-order valence-electron chi connectivity index (χ0n) is 11.8. The summed E-state index contributed by atoms with van der Waals surface area (Å²) in [5.74, 6) is -0.105. The van der Waals surface area contributed by atoms with Gasteiger partial charge in [0.1, 0.15) is 0 Å². The Morgan fingerprint density at radius 1 is 1.45 bits per heavy atom. The molecule has 1 aromatic carbocycles. The minimum absolute atomic E-state index is 0.0383. The van der Waals surface area contributed by atoms with Crippen LogP contribution < -0.4 is 11.1 Å². The van der Waals surface area contributed by atoms with Crippen LogP contribution in [-0.4, -0.2) is 28.2 Å². The fourth-order valence-corrected chi connectivity index (χ4v) is 2.25. The molecule has 0 radical (unpaired) electrons. The lowest BCUT2D eigenvalue weighted by Gasteiger charge is -2.20. The van der Waals surface area contributed by atoms with Crippen LogP contribution in [0.5, 0.6) is 0 Å². The summed E-state index contributed by atoms with van der Waals surface area (Å²) in [5.41, 5.74) is 5.38. The fourth-order valence-electron chi connectivity index (χ4n) is 1.36. The molecule has 1 atom stereocenters. The molecule has 7 heteroatoms. The summed E-state index contributed by atoms with van der Waals surface area (Å²) in [6, 6.07) is 6.13. The van der Waals surface area contributed by atoms with Gasteiger partial charge in [0, 0.05) is 29.1 Å². The molecule has 1 rings (SSSR count). The number of non-ortho nitro benzene ring substituents is 1. The summed E-state index contributed by atoms with van der Waals surface area (Å²) in [4.78, 5) is 22.8. The first-order chi connectivity index (χ1) is 9.19. The molecule has 0 saturated heterocycles. The van der Waals surface area contributed by atoms with Crippen LogP contribution in [0.15, 0.2) is 29.2 Å². The van der Waals surface area contributed by atoms with Gasteiger partial charge in [-0.05, 0) is 32.9 Å². The quantitative estimate of drug-likeness (QED) is 0.475. The smallest absolute Gasteiger partial charge is 0.269 e. The number of amides is 1. The molecule has 0 spiro atoms. The summed E-state index contributed by atoms with van der Waals surface area (Å²) in [6.07, 6.45) is 0. The second kappa shape index (κ2) is 6.71. The molecule has 3 N–H and O–H groups in total. The first kappa shape index (κ1) is 16.5. The molecule has 0 saturated carbocycles. The van der Waals surface area contributed by atoms with Crippen molar-refractivity contribution >= 4 is 23.4 Å². The van der Waals surface area contributed by atoms with E-state index in [1.165, 1.54) is 23.9 Å². The van der Waals surface area contributed by atoms with Crippen LogP contribution in [0, 0.1) is 10.1 Å². The number of carbonyl (C=O) groups is 1. The second-order valence-corrected chi connectivity index (χ2v) is 6.63. The van der Waals surface area contributed by atoms with Crippen molar-refractivity contribution in [3.63, 3.8) is 0 Å². The summed E-state index contributed by atoms with van der Waals surface area (Å²) in [5, 5.41) is 13.0. The molecule has 0 heterocycles. The van der Waals surface area contributed by atoms with Crippen LogP contribution >= 0.6 is 11.8 Å². The van der Waals surface area contributed by atoms with Crippen LogP contribution in [0.4, 0.5) is 5.69 Å². The molecular formula is C13H19N3O3S. The van der Waals surface area contributed by atoms with Crippen molar-refractivity contribution in [3.8, 4) is 0 Å². The summed E-state index contributed by atoms with van der Waals surface area (Å²) in [7, 11) is 0. The Hall–Kier alpha value is -1.60. The van der Waals surface area contributed by atoms with Crippen LogP contribution in [0.2, 0.25) is 0 Å². The Labute approximate surface area is 122 Å². The lowest BCUT2D eigenvalue weighted by molar-refractivity contribution is -0.384. The van der Waals surface area contributed by atoms with Gasteiger partial charge < -0.3 is 11.1 Å². The third-order valence-electron chi connectivity index (χ3n) is 2.45. The maximum atomic E-state index is 11.9. The van der Waals surface area contributed by atoms with E-state index in [-0.39, 0.29) is 16.8 Å². The van der Waals surface area contributed by atoms with Crippen molar-refractivity contribution in [3.05, 3.63) is 34.4 Å². The minimum atomic E-state index is -0.451. The van der Waals surface area contributed by atoms with Crippen molar-refractivity contribution in [2.24, 2.45) is 5.73 Å². The average molecular weight is 297 g/mol. The molecule has 0 fully saturated rings. The van der Waals surface area contributed by atoms with Gasteiger partial charge in [-0.15, -0.1) is 11.8 Å². The Morgan fingerprint density at radius 3 is 2.45 bits per heavy atom. The van der Waals surface area contributed by atoms with E-state index in [1.54, 1.807) is 19.1 Å². The van der Waals surface area contributed by atoms with Gasteiger partial charge in [0.2, 0.25) is 5.91 Å². The zero-order chi connectivity index (χ0) is 15.3. The molecule has 0 aliphatic carbocycles. The third-order valence-corrected chi connectivity index (χ3v) is 3.56. The highest BCUT2D eigenvalue weighted by Crippen LogP contribution is 2.25. The number of hydrogen-bond donors (Lipinski definition) is 2. The number of nitrogens with two attached hydrogens (primary N) is 1. The van der Waals surface area contributed by atoms with Gasteiger partial charge in [0.05, 0.1) is 10.2 Å². The Balaban J connectivity index is 2.55. The highest BCUT2D eigenvalue weighted by Gasteiger charge is 2.18. The van der Waals surface area contributed by atoms with E-state index in [1.807, 2.05) is 13.8 Å². The van der Waals surface area contributed by atoms with Gasteiger partial charge in [-0.25, -0.2) is 0 Å². The fraction of sp³-hybridized carbons (Fsp3) is 0.462. The highest BCUT2D eigenvalue weighted by atomic mass is 32.2. The molecule has 1 aromatic rings. The molecule has 1 amide bonds. The van der Waals surface area contributed by atoms with E-state index >= 15 is 0 Å². The van der Waals surface area contributed by atoms with Gasteiger partial charge in [0.25, 0.3) is 5.69 Å². The van der Waals surface area contributed by atoms with E-state index in [0.29, 0.717) is 6.54 Å². The first-order valence-electron chi connectivity index (χ1n) is 6.17. The number of nitrogens with zero attached hydrogens (tertiary/aromatic N) is 1. The molecule has 0 aliphatic heterocycles. The lowest BCUT2D eigenvalue weighted by atomic mass is 10.1. The maximum Gasteiger partial charge on any atom is 0.269 e. The van der Waals surface area contributed by atoms with E-state index in [2.05, 4.69) is 5.32 Å². The van der Waals surface area contributed by atoms with E-state index in [9.17, 15) is 14.9 Å². The standard InChI is InChI=1S/C13H19N3O3S/c1-9(12(17)15-8-13(2,3)14)20-11-6-4-10(5-7-11)16(18)19/h4-7,9H,8,14H2,1-3H3,(H,15,17). The Morgan fingerprint density at radius 2 is 2.00 bits per heavy atom. The van der Waals surface area contributed by atoms with Crippen LogP contribution in [0.25, 0.3) is 0 Å². The van der Waals surface area contributed by atoms with Gasteiger partial charge in [-0.2, -0.15) is 0 Å². The summed E-state index contributed by atoms with van der Waals surface area (Å²) >= 11 is 1.35. The van der Waals surface area contributed by atoms with Crippen molar-refractivity contribution in [1.82, 2.24) is 5.32 Å². The summed E-state index contributed by atoms with van der Waals surface area (Å²) < 4.78 is 0. The van der Waals surface area contributed by atoms with Gasteiger partial charge in [-0.1, -0.05) is 0 Å². The van der Waals surface area contributed by atoms with E-state index in [4.69, 9.17) is 5.73 Å². The van der Waals surface area contributed by atoms with E-state index in [0.717, 1.165) is 4.90 Å². The topological polar surface area (TPSA) is 98.3 Å². The normalized spacial score (nSPS) is 12.8. The number of hydrogen-bond acceptors (Lipinski definition) is 5. The predicted molar refractivity (Wildman–Crippen MR) is 79.7 cm³/mol. The maximum absolute atomic E-state index is 11.9. The predicted octanol–water partition coefficient (Wildman–Crippen LogP) is 1.93. The number of rotatable bonds is 6. The number of nitrogens with one attached hydrogen (secondary N) is 1. The minimum Gasteiger partial charge on any atom is -0.353 e. The highest BCUT2D eigenvalue weighted by molar-refractivity contribution is 8.00. The molecule has 110 valence electrons. The van der Waals surface area contributed by atoms with E-state index < -0.39 is 10.5 Å². The molecule has 0 bridgehead atoms. The van der Waals surface area contributed by atoms with Crippen molar-refractivity contribution < 1.29 is 9.72 Å². The van der Waals surface area contributed by atoms with Crippen molar-refractivity contribution in [2.45, 2.75) is 36.5 Å².